The topological polar surface area (TPSA) is 59.8 Å². The summed E-state index contributed by atoms with van der Waals surface area (Å²) in [6.45, 7) is 0.580. The van der Waals surface area contributed by atoms with Crippen molar-refractivity contribution in [1.82, 2.24) is 14.8 Å². The molecular formula is C20H14ClFN4O. The summed E-state index contributed by atoms with van der Waals surface area (Å²) in [5.41, 5.74) is 2.10. The molecular weight excluding hydrogens is 367 g/mol. The highest BCUT2D eigenvalue weighted by atomic mass is 35.5. The number of pyridine rings is 1. The van der Waals surface area contributed by atoms with Crippen LogP contribution in [0.1, 0.15) is 15.9 Å². The van der Waals surface area contributed by atoms with Crippen LogP contribution in [0, 0.1) is 5.82 Å². The van der Waals surface area contributed by atoms with Crippen LogP contribution in [0.25, 0.3) is 11.0 Å². The number of rotatable bonds is 4. The molecule has 4 aromatic rings. The summed E-state index contributed by atoms with van der Waals surface area (Å²) in [5, 5.41) is 7.53. The highest BCUT2D eigenvalue weighted by Gasteiger charge is 2.14. The molecule has 0 radical (unpaired) electrons. The van der Waals surface area contributed by atoms with Crippen molar-refractivity contribution in [1.29, 1.82) is 0 Å². The largest absolute Gasteiger partial charge is 0.319 e. The quantitative estimate of drug-likeness (QED) is 0.566. The van der Waals surface area contributed by atoms with Gasteiger partial charge in [0, 0.05) is 11.6 Å². The SMILES string of the molecule is O=C(Nc1cccc(Cl)c1F)c1cnc2c(cnn2Cc2ccccc2)c1. The molecule has 0 aliphatic heterocycles. The summed E-state index contributed by atoms with van der Waals surface area (Å²) in [4.78, 5) is 16.8. The third-order valence-electron chi connectivity index (χ3n) is 4.11. The molecule has 2 heterocycles. The van der Waals surface area contributed by atoms with Crippen LogP contribution in [0.3, 0.4) is 0 Å². The number of nitrogens with zero attached hydrogens (tertiary/aromatic N) is 3. The van der Waals surface area contributed by atoms with Crippen molar-refractivity contribution >= 4 is 34.2 Å². The minimum atomic E-state index is -0.669. The van der Waals surface area contributed by atoms with E-state index in [-0.39, 0.29) is 10.7 Å². The first kappa shape index (κ1) is 17.2. The molecule has 0 bridgehead atoms. The first-order valence-corrected chi connectivity index (χ1v) is 8.60. The van der Waals surface area contributed by atoms with Crippen molar-refractivity contribution in [3.63, 3.8) is 0 Å². The van der Waals surface area contributed by atoms with Crippen molar-refractivity contribution in [2.75, 3.05) is 5.32 Å². The molecule has 2 aromatic heterocycles. The molecule has 0 aliphatic carbocycles. The van der Waals surface area contributed by atoms with Crippen molar-refractivity contribution in [2.24, 2.45) is 0 Å². The standard InChI is InChI=1S/C20H14ClFN4O/c21-16-7-4-8-17(18(16)22)25-20(27)15-9-14-11-24-26(19(14)23-10-15)12-13-5-2-1-3-6-13/h1-11H,12H2,(H,25,27). The average molecular weight is 381 g/mol. The van der Waals surface area contributed by atoms with E-state index in [0.717, 1.165) is 10.9 Å². The van der Waals surface area contributed by atoms with Gasteiger partial charge in [-0.3, -0.25) is 4.79 Å². The van der Waals surface area contributed by atoms with Gasteiger partial charge in [-0.25, -0.2) is 14.1 Å². The summed E-state index contributed by atoms with van der Waals surface area (Å²) in [6, 6.07) is 16.0. The lowest BCUT2D eigenvalue weighted by atomic mass is 10.2. The molecule has 0 fully saturated rings. The zero-order chi connectivity index (χ0) is 18.8. The third-order valence-corrected chi connectivity index (χ3v) is 4.40. The molecule has 5 nitrogen and oxygen atoms in total. The van der Waals surface area contributed by atoms with Gasteiger partial charge >= 0.3 is 0 Å². The molecule has 4 rings (SSSR count). The molecule has 1 amide bonds. The van der Waals surface area contributed by atoms with E-state index in [1.807, 2.05) is 30.3 Å². The van der Waals surface area contributed by atoms with Gasteiger partial charge in [0.2, 0.25) is 0 Å². The molecule has 27 heavy (non-hydrogen) atoms. The van der Waals surface area contributed by atoms with E-state index in [1.54, 1.807) is 23.0 Å². The van der Waals surface area contributed by atoms with Crippen molar-refractivity contribution in [3.05, 3.63) is 89.0 Å². The number of benzene rings is 2. The number of hydrogen-bond donors (Lipinski definition) is 1. The maximum absolute atomic E-state index is 14.0. The first-order chi connectivity index (χ1) is 13.1. The lowest BCUT2D eigenvalue weighted by molar-refractivity contribution is 0.102. The van der Waals surface area contributed by atoms with Crippen molar-refractivity contribution in [2.45, 2.75) is 6.54 Å². The van der Waals surface area contributed by atoms with Gasteiger partial charge in [0.15, 0.2) is 11.5 Å². The van der Waals surface area contributed by atoms with E-state index in [4.69, 9.17) is 11.6 Å². The molecule has 0 aliphatic rings. The Kier molecular flexibility index (Phi) is 4.56. The molecule has 0 unspecified atom stereocenters. The second kappa shape index (κ2) is 7.17. The number of hydrogen-bond acceptors (Lipinski definition) is 3. The summed E-state index contributed by atoms with van der Waals surface area (Å²) >= 11 is 5.74. The maximum Gasteiger partial charge on any atom is 0.257 e. The monoisotopic (exact) mass is 380 g/mol. The van der Waals surface area contributed by atoms with E-state index in [0.29, 0.717) is 17.8 Å². The molecule has 0 atom stereocenters. The number of nitrogens with one attached hydrogen (secondary N) is 1. The number of anilines is 1. The maximum atomic E-state index is 14.0. The van der Waals surface area contributed by atoms with Crippen LogP contribution in [0.15, 0.2) is 67.0 Å². The van der Waals surface area contributed by atoms with Gasteiger partial charge in [-0.1, -0.05) is 48.0 Å². The molecule has 134 valence electrons. The Labute approximate surface area is 159 Å². The normalized spacial score (nSPS) is 10.9. The van der Waals surface area contributed by atoms with Crippen LogP contribution in [0.5, 0.6) is 0 Å². The van der Waals surface area contributed by atoms with Gasteiger partial charge in [-0.15, -0.1) is 0 Å². The van der Waals surface area contributed by atoms with E-state index in [1.165, 1.54) is 18.3 Å². The van der Waals surface area contributed by atoms with Gasteiger partial charge < -0.3 is 5.32 Å². The number of carbonyl (C=O) groups is 1. The Balaban J connectivity index is 1.58. The van der Waals surface area contributed by atoms with Crippen molar-refractivity contribution < 1.29 is 9.18 Å². The van der Waals surface area contributed by atoms with E-state index in [2.05, 4.69) is 15.4 Å². The smallest absolute Gasteiger partial charge is 0.257 e. The minimum Gasteiger partial charge on any atom is -0.319 e. The minimum absolute atomic E-state index is 0.0207. The summed E-state index contributed by atoms with van der Waals surface area (Å²) in [5.74, 6) is -1.14. The first-order valence-electron chi connectivity index (χ1n) is 8.22. The predicted molar refractivity (Wildman–Crippen MR) is 102 cm³/mol. The Morgan fingerprint density at radius 3 is 2.74 bits per heavy atom. The van der Waals surface area contributed by atoms with Crippen LogP contribution in [-0.2, 0) is 6.54 Å². The number of fused-ring (bicyclic) bond motifs is 1. The lowest BCUT2D eigenvalue weighted by Crippen LogP contribution is -2.13. The van der Waals surface area contributed by atoms with Crippen LogP contribution in [0.2, 0.25) is 5.02 Å². The molecule has 2 aromatic carbocycles. The zero-order valence-electron chi connectivity index (χ0n) is 14.1. The molecule has 0 saturated heterocycles. The van der Waals surface area contributed by atoms with Crippen LogP contribution in [0.4, 0.5) is 10.1 Å². The molecule has 0 spiro atoms. The van der Waals surface area contributed by atoms with E-state index in [9.17, 15) is 9.18 Å². The van der Waals surface area contributed by atoms with Gasteiger partial charge in [0.05, 0.1) is 29.0 Å². The van der Waals surface area contributed by atoms with Gasteiger partial charge in [0.25, 0.3) is 5.91 Å². The Hall–Kier alpha value is -3.25. The van der Waals surface area contributed by atoms with Gasteiger partial charge in [-0.05, 0) is 23.8 Å². The lowest BCUT2D eigenvalue weighted by Gasteiger charge is -2.07. The summed E-state index contributed by atoms with van der Waals surface area (Å²) in [7, 11) is 0. The fourth-order valence-electron chi connectivity index (χ4n) is 2.76. The van der Waals surface area contributed by atoms with E-state index >= 15 is 0 Å². The van der Waals surface area contributed by atoms with E-state index < -0.39 is 11.7 Å². The summed E-state index contributed by atoms with van der Waals surface area (Å²) in [6.07, 6.45) is 3.10. The van der Waals surface area contributed by atoms with Crippen LogP contribution < -0.4 is 5.32 Å². The number of carbonyl (C=O) groups excluding carboxylic acids is 1. The predicted octanol–water partition coefficient (Wildman–Crippen LogP) is 4.52. The fourth-order valence-corrected chi connectivity index (χ4v) is 2.94. The highest BCUT2D eigenvalue weighted by Crippen LogP contribution is 2.23. The Morgan fingerprint density at radius 2 is 1.93 bits per heavy atom. The highest BCUT2D eigenvalue weighted by molar-refractivity contribution is 6.31. The second-order valence-corrected chi connectivity index (χ2v) is 6.39. The Morgan fingerprint density at radius 1 is 1.11 bits per heavy atom. The van der Waals surface area contributed by atoms with Crippen LogP contribution >= 0.6 is 11.6 Å². The number of aromatic nitrogens is 3. The average Bonchev–Trinajstić information content (AvgIpc) is 3.08. The number of halogens is 2. The zero-order valence-corrected chi connectivity index (χ0v) is 14.8. The van der Waals surface area contributed by atoms with Crippen molar-refractivity contribution in [3.8, 4) is 0 Å². The molecule has 0 saturated carbocycles. The molecule has 7 heteroatoms. The van der Waals surface area contributed by atoms with Gasteiger partial charge in [0.1, 0.15) is 0 Å². The number of amides is 1. The third kappa shape index (κ3) is 3.52. The summed E-state index contributed by atoms with van der Waals surface area (Å²) < 4.78 is 15.7. The van der Waals surface area contributed by atoms with Gasteiger partial charge in [-0.2, -0.15) is 5.10 Å². The second-order valence-electron chi connectivity index (χ2n) is 5.98. The molecule has 1 N–H and O–H groups in total. The van der Waals surface area contributed by atoms with Crippen LogP contribution in [-0.4, -0.2) is 20.7 Å². The fraction of sp³-hybridized carbons (Fsp3) is 0.0500. The Bertz CT molecular complexity index is 1130.